The number of benzene rings is 1. The molecule has 0 bridgehead atoms. The van der Waals surface area contributed by atoms with E-state index in [0.29, 0.717) is 6.61 Å². The Balaban J connectivity index is 2.52. The summed E-state index contributed by atoms with van der Waals surface area (Å²) in [5, 5.41) is 11.6. The van der Waals surface area contributed by atoms with E-state index in [1.54, 1.807) is 7.11 Å². The molecule has 1 atom stereocenters. The van der Waals surface area contributed by atoms with Gasteiger partial charge in [-0.25, -0.2) is 9.59 Å². The van der Waals surface area contributed by atoms with Crippen molar-refractivity contribution in [2.75, 3.05) is 13.7 Å². The number of carbonyl (C=O) groups excluding carboxylic acids is 1. The number of hydrogen-bond acceptors (Lipinski definition) is 4. The minimum atomic E-state index is -1.10. The van der Waals surface area contributed by atoms with E-state index in [-0.39, 0.29) is 18.4 Å². The van der Waals surface area contributed by atoms with E-state index in [9.17, 15) is 14.7 Å². The number of alkyl carbamates (subject to hydrolysis) is 1. The number of methoxy groups -OCH3 is 1. The van der Waals surface area contributed by atoms with Gasteiger partial charge in [0.05, 0.1) is 6.61 Å². The quantitative estimate of drug-likeness (QED) is 0.770. The second-order valence-electron chi connectivity index (χ2n) is 5.90. The first-order valence-corrected chi connectivity index (χ1v) is 7.03. The van der Waals surface area contributed by atoms with Crippen LogP contribution in [0.3, 0.4) is 0 Å². The Morgan fingerprint density at radius 2 is 1.91 bits per heavy atom. The van der Waals surface area contributed by atoms with Gasteiger partial charge in [0, 0.05) is 7.11 Å². The van der Waals surface area contributed by atoms with Gasteiger partial charge < -0.3 is 19.9 Å². The van der Waals surface area contributed by atoms with Crippen molar-refractivity contribution in [1.29, 1.82) is 0 Å². The molecule has 0 aromatic heterocycles. The second-order valence-corrected chi connectivity index (χ2v) is 5.90. The Morgan fingerprint density at radius 3 is 2.45 bits per heavy atom. The third-order valence-electron chi connectivity index (χ3n) is 3.09. The van der Waals surface area contributed by atoms with E-state index in [1.807, 2.05) is 44.2 Å². The molecule has 1 rings (SSSR count). The van der Waals surface area contributed by atoms with Crippen LogP contribution in [0.4, 0.5) is 4.79 Å². The van der Waals surface area contributed by atoms with Gasteiger partial charge in [0.15, 0.2) is 0 Å². The van der Waals surface area contributed by atoms with Crippen molar-refractivity contribution in [3.8, 4) is 0 Å². The van der Waals surface area contributed by atoms with E-state index in [2.05, 4.69) is 5.32 Å². The number of carboxylic acid groups (broad SMARTS) is 1. The van der Waals surface area contributed by atoms with Gasteiger partial charge in [0.1, 0.15) is 12.6 Å². The summed E-state index contributed by atoms with van der Waals surface area (Å²) < 4.78 is 10.1. The second kappa shape index (κ2) is 8.38. The molecule has 0 aliphatic carbocycles. The maximum atomic E-state index is 11.7. The molecule has 22 heavy (non-hydrogen) atoms. The normalized spacial score (nSPS) is 12.5. The number of nitrogens with one attached hydrogen (secondary N) is 1. The standard InChI is InChI=1S/C16H23NO5/c1-16(2,11-21-3)9-13(14(18)19)17-15(20)22-10-12-7-5-4-6-8-12/h4-8,13H,9-11H2,1-3H3,(H,17,20)(H,18,19). The molecule has 1 unspecified atom stereocenters. The highest BCUT2D eigenvalue weighted by atomic mass is 16.5. The van der Waals surface area contributed by atoms with Crippen LogP contribution in [0.25, 0.3) is 0 Å². The summed E-state index contributed by atoms with van der Waals surface area (Å²) in [5.41, 5.74) is 0.467. The Hall–Kier alpha value is -2.08. The molecule has 0 fully saturated rings. The molecular formula is C16H23NO5. The van der Waals surface area contributed by atoms with Crippen molar-refractivity contribution >= 4 is 12.1 Å². The molecule has 0 heterocycles. The lowest BCUT2D eigenvalue weighted by atomic mass is 9.86. The molecule has 1 aromatic carbocycles. The monoisotopic (exact) mass is 309 g/mol. The Kier molecular flexibility index (Phi) is 6.85. The highest BCUT2D eigenvalue weighted by Crippen LogP contribution is 2.22. The maximum Gasteiger partial charge on any atom is 0.408 e. The summed E-state index contributed by atoms with van der Waals surface area (Å²) in [5.74, 6) is -1.10. The van der Waals surface area contributed by atoms with Gasteiger partial charge in [-0.2, -0.15) is 0 Å². The fourth-order valence-corrected chi connectivity index (χ4v) is 2.11. The van der Waals surface area contributed by atoms with Gasteiger partial charge in [-0.1, -0.05) is 44.2 Å². The summed E-state index contributed by atoms with van der Waals surface area (Å²) in [6.45, 7) is 4.25. The molecule has 6 nitrogen and oxygen atoms in total. The molecule has 0 saturated heterocycles. The Morgan fingerprint density at radius 1 is 1.27 bits per heavy atom. The molecule has 0 aliphatic heterocycles. The van der Waals surface area contributed by atoms with E-state index in [4.69, 9.17) is 9.47 Å². The summed E-state index contributed by atoms with van der Waals surface area (Å²) in [6, 6.07) is 8.16. The minimum absolute atomic E-state index is 0.0977. The minimum Gasteiger partial charge on any atom is -0.480 e. The summed E-state index contributed by atoms with van der Waals surface area (Å²) in [7, 11) is 1.55. The lowest BCUT2D eigenvalue weighted by Crippen LogP contribution is -2.44. The molecule has 1 aromatic rings. The van der Waals surface area contributed by atoms with Gasteiger partial charge in [-0.15, -0.1) is 0 Å². The van der Waals surface area contributed by atoms with Gasteiger partial charge >= 0.3 is 12.1 Å². The SMILES string of the molecule is COCC(C)(C)CC(NC(=O)OCc1ccccc1)C(=O)O. The average Bonchev–Trinajstić information content (AvgIpc) is 2.45. The molecule has 0 spiro atoms. The molecule has 0 radical (unpaired) electrons. The molecular weight excluding hydrogens is 286 g/mol. The number of hydrogen-bond donors (Lipinski definition) is 2. The van der Waals surface area contributed by atoms with E-state index in [1.165, 1.54) is 0 Å². The van der Waals surface area contributed by atoms with Crippen LogP contribution in [-0.2, 0) is 20.9 Å². The van der Waals surface area contributed by atoms with Crippen LogP contribution in [0, 0.1) is 5.41 Å². The maximum absolute atomic E-state index is 11.7. The van der Waals surface area contributed by atoms with Crippen molar-refractivity contribution < 1.29 is 24.2 Å². The third kappa shape index (κ3) is 6.58. The van der Waals surface area contributed by atoms with Crippen LogP contribution in [0.5, 0.6) is 0 Å². The third-order valence-corrected chi connectivity index (χ3v) is 3.09. The van der Waals surface area contributed by atoms with Gasteiger partial charge in [-0.3, -0.25) is 0 Å². The highest BCUT2D eigenvalue weighted by molar-refractivity contribution is 5.79. The van der Waals surface area contributed by atoms with E-state index >= 15 is 0 Å². The zero-order chi connectivity index (χ0) is 16.6. The smallest absolute Gasteiger partial charge is 0.408 e. The van der Waals surface area contributed by atoms with Gasteiger partial charge in [0.25, 0.3) is 0 Å². The lowest BCUT2D eigenvalue weighted by Gasteiger charge is -2.27. The fraction of sp³-hybridized carbons (Fsp3) is 0.500. The zero-order valence-corrected chi connectivity index (χ0v) is 13.2. The topological polar surface area (TPSA) is 84.9 Å². The van der Waals surface area contributed by atoms with Crippen LogP contribution < -0.4 is 5.32 Å². The first-order chi connectivity index (χ1) is 10.3. The molecule has 6 heteroatoms. The average molecular weight is 309 g/mol. The molecule has 2 N–H and O–H groups in total. The first-order valence-electron chi connectivity index (χ1n) is 7.03. The Labute approximate surface area is 130 Å². The van der Waals surface area contributed by atoms with Crippen LogP contribution >= 0.6 is 0 Å². The summed E-state index contributed by atoms with van der Waals surface area (Å²) >= 11 is 0. The zero-order valence-electron chi connectivity index (χ0n) is 13.2. The summed E-state index contributed by atoms with van der Waals surface area (Å²) in [6.07, 6.45) is -0.499. The van der Waals surface area contributed by atoms with Gasteiger partial charge in [0.2, 0.25) is 0 Å². The van der Waals surface area contributed by atoms with E-state index < -0.39 is 18.1 Å². The predicted octanol–water partition coefficient (Wildman–Crippen LogP) is 2.43. The molecule has 0 saturated carbocycles. The number of amides is 1. The highest BCUT2D eigenvalue weighted by Gasteiger charge is 2.29. The van der Waals surface area contributed by atoms with Crippen molar-refractivity contribution in [2.24, 2.45) is 5.41 Å². The lowest BCUT2D eigenvalue weighted by molar-refractivity contribution is -0.140. The van der Waals surface area contributed by atoms with Crippen LogP contribution in [0.15, 0.2) is 30.3 Å². The van der Waals surface area contributed by atoms with Crippen LogP contribution in [0.2, 0.25) is 0 Å². The Bertz CT molecular complexity index is 487. The summed E-state index contributed by atoms with van der Waals surface area (Å²) in [4.78, 5) is 23.0. The molecule has 1 amide bonds. The largest absolute Gasteiger partial charge is 0.480 e. The number of carbonyl (C=O) groups is 2. The predicted molar refractivity (Wildman–Crippen MR) is 81.5 cm³/mol. The fourth-order valence-electron chi connectivity index (χ4n) is 2.11. The molecule has 122 valence electrons. The van der Waals surface area contributed by atoms with Gasteiger partial charge in [-0.05, 0) is 17.4 Å². The number of ether oxygens (including phenoxy) is 2. The number of carboxylic acids is 1. The van der Waals surface area contributed by atoms with Crippen molar-refractivity contribution in [1.82, 2.24) is 5.32 Å². The van der Waals surface area contributed by atoms with Crippen molar-refractivity contribution in [3.63, 3.8) is 0 Å². The van der Waals surface area contributed by atoms with E-state index in [0.717, 1.165) is 5.56 Å². The van der Waals surface area contributed by atoms with Crippen LogP contribution in [-0.4, -0.2) is 36.9 Å². The number of rotatable bonds is 8. The van der Waals surface area contributed by atoms with Crippen LogP contribution in [0.1, 0.15) is 25.8 Å². The number of aliphatic carboxylic acids is 1. The van der Waals surface area contributed by atoms with Crippen molar-refractivity contribution in [3.05, 3.63) is 35.9 Å². The molecule has 0 aliphatic rings. The first kappa shape index (κ1) is 18.0. The van der Waals surface area contributed by atoms with Crippen molar-refractivity contribution in [2.45, 2.75) is 32.9 Å².